The van der Waals surface area contributed by atoms with E-state index in [-0.39, 0.29) is 5.92 Å². The Morgan fingerprint density at radius 2 is 1.92 bits per heavy atom. The molecule has 3 nitrogen and oxygen atoms in total. The van der Waals surface area contributed by atoms with E-state index >= 15 is 0 Å². The zero-order valence-corrected chi connectivity index (χ0v) is 15.5. The van der Waals surface area contributed by atoms with Crippen molar-refractivity contribution >= 4 is 5.91 Å². The molecule has 24 heavy (non-hydrogen) atoms. The van der Waals surface area contributed by atoms with Crippen LogP contribution >= 0.6 is 0 Å². The van der Waals surface area contributed by atoms with Crippen LogP contribution in [0.2, 0.25) is 0 Å². The van der Waals surface area contributed by atoms with Gasteiger partial charge in [0.1, 0.15) is 0 Å². The first-order chi connectivity index (χ1) is 11.5. The Morgan fingerprint density at radius 1 is 1.29 bits per heavy atom. The number of benzene rings is 1. The first-order valence-corrected chi connectivity index (χ1v) is 9.21. The summed E-state index contributed by atoms with van der Waals surface area (Å²) in [5, 5.41) is 0. The maximum absolute atomic E-state index is 12.7. The molecule has 0 radical (unpaired) electrons. The number of likely N-dealkylation sites (N-methyl/N-ethyl adjacent to an activating group) is 1. The molecule has 132 valence electrons. The minimum absolute atomic E-state index is 0.188. The molecule has 3 heteroatoms. The highest BCUT2D eigenvalue weighted by Gasteiger charge is 2.28. The van der Waals surface area contributed by atoms with E-state index in [9.17, 15) is 4.79 Å². The smallest absolute Gasteiger partial charge is 0.226 e. The van der Waals surface area contributed by atoms with E-state index in [1.807, 2.05) is 11.8 Å². The fourth-order valence-corrected chi connectivity index (χ4v) is 3.57. The molecule has 0 aliphatic carbocycles. The molecule has 2 rings (SSSR count). The van der Waals surface area contributed by atoms with Crippen LogP contribution in [0.4, 0.5) is 0 Å². The van der Waals surface area contributed by atoms with Crippen molar-refractivity contribution in [2.45, 2.75) is 39.5 Å². The van der Waals surface area contributed by atoms with Crippen molar-refractivity contribution in [2.75, 3.05) is 32.7 Å². The van der Waals surface area contributed by atoms with Gasteiger partial charge in [0.2, 0.25) is 5.91 Å². The van der Waals surface area contributed by atoms with Crippen LogP contribution in [0, 0.1) is 5.92 Å². The van der Waals surface area contributed by atoms with E-state index < -0.39 is 0 Å². The van der Waals surface area contributed by atoms with Crippen molar-refractivity contribution in [3.8, 4) is 0 Å². The van der Waals surface area contributed by atoms with E-state index in [0.717, 1.165) is 44.6 Å². The lowest BCUT2D eigenvalue weighted by Gasteiger charge is -2.35. The molecule has 0 bridgehead atoms. The van der Waals surface area contributed by atoms with Gasteiger partial charge in [-0.1, -0.05) is 49.4 Å². The second kappa shape index (κ2) is 9.03. The van der Waals surface area contributed by atoms with Gasteiger partial charge >= 0.3 is 0 Å². The van der Waals surface area contributed by atoms with Gasteiger partial charge in [-0.3, -0.25) is 4.79 Å². The number of hydrogen-bond donors (Lipinski definition) is 0. The third kappa shape index (κ3) is 5.20. The van der Waals surface area contributed by atoms with E-state index in [1.54, 1.807) is 0 Å². The molecule has 1 amide bonds. The zero-order valence-electron chi connectivity index (χ0n) is 15.5. The molecule has 0 spiro atoms. The van der Waals surface area contributed by atoms with Crippen LogP contribution in [0.5, 0.6) is 0 Å². The predicted octanol–water partition coefficient (Wildman–Crippen LogP) is 3.93. The molecule has 1 fully saturated rings. The number of nitrogens with zero attached hydrogens (tertiary/aromatic N) is 2. The second-order valence-electron chi connectivity index (χ2n) is 7.20. The van der Waals surface area contributed by atoms with Crippen molar-refractivity contribution in [1.82, 2.24) is 9.80 Å². The average Bonchev–Trinajstić information content (AvgIpc) is 2.60. The maximum atomic E-state index is 12.7. The van der Waals surface area contributed by atoms with Crippen LogP contribution in [0.15, 0.2) is 42.5 Å². The SMILES string of the molecule is C=C(C)CN(CC)C(=O)C1CCN(C[C@H](C)c2ccccc2)CC1. The van der Waals surface area contributed by atoms with Crippen LogP contribution in [0.3, 0.4) is 0 Å². The summed E-state index contributed by atoms with van der Waals surface area (Å²) >= 11 is 0. The molecule has 1 aromatic carbocycles. The van der Waals surface area contributed by atoms with Crippen LogP contribution in [-0.4, -0.2) is 48.4 Å². The Kier molecular flexibility index (Phi) is 7.04. The summed E-state index contributed by atoms with van der Waals surface area (Å²) < 4.78 is 0. The molecular weight excluding hydrogens is 296 g/mol. The molecule has 1 saturated heterocycles. The van der Waals surface area contributed by atoms with Gasteiger partial charge in [0.15, 0.2) is 0 Å². The molecule has 0 aromatic heterocycles. The highest BCUT2D eigenvalue weighted by atomic mass is 16.2. The van der Waals surface area contributed by atoms with Gasteiger partial charge in [-0.05, 0) is 51.3 Å². The first-order valence-electron chi connectivity index (χ1n) is 9.21. The van der Waals surface area contributed by atoms with Gasteiger partial charge in [0.05, 0.1) is 0 Å². The Morgan fingerprint density at radius 3 is 2.46 bits per heavy atom. The van der Waals surface area contributed by atoms with Gasteiger partial charge in [0.25, 0.3) is 0 Å². The Bertz CT molecular complexity index is 532. The number of amides is 1. The van der Waals surface area contributed by atoms with Crippen LogP contribution < -0.4 is 0 Å². The topological polar surface area (TPSA) is 23.6 Å². The van der Waals surface area contributed by atoms with Crippen LogP contribution in [-0.2, 0) is 4.79 Å². The molecule has 0 N–H and O–H groups in total. The van der Waals surface area contributed by atoms with Gasteiger partial charge in [-0.25, -0.2) is 0 Å². The summed E-state index contributed by atoms with van der Waals surface area (Å²) in [6.07, 6.45) is 1.96. The molecule has 1 atom stereocenters. The van der Waals surface area contributed by atoms with E-state index in [4.69, 9.17) is 0 Å². The van der Waals surface area contributed by atoms with Crippen molar-refractivity contribution in [3.63, 3.8) is 0 Å². The van der Waals surface area contributed by atoms with Gasteiger partial charge in [0, 0.05) is 25.6 Å². The number of likely N-dealkylation sites (tertiary alicyclic amines) is 1. The Balaban J connectivity index is 1.82. The summed E-state index contributed by atoms with van der Waals surface area (Å²) in [7, 11) is 0. The summed E-state index contributed by atoms with van der Waals surface area (Å²) in [5.74, 6) is 1.04. The number of carbonyl (C=O) groups is 1. The lowest BCUT2D eigenvalue weighted by atomic mass is 9.93. The van der Waals surface area contributed by atoms with E-state index in [2.05, 4.69) is 55.7 Å². The van der Waals surface area contributed by atoms with Crippen molar-refractivity contribution in [3.05, 3.63) is 48.0 Å². The lowest BCUT2D eigenvalue weighted by molar-refractivity contribution is -0.136. The number of carbonyl (C=O) groups excluding carboxylic acids is 1. The Hall–Kier alpha value is -1.61. The van der Waals surface area contributed by atoms with Crippen molar-refractivity contribution in [2.24, 2.45) is 5.92 Å². The summed E-state index contributed by atoms with van der Waals surface area (Å²) in [6, 6.07) is 10.7. The third-order valence-corrected chi connectivity index (χ3v) is 4.99. The third-order valence-electron chi connectivity index (χ3n) is 4.99. The zero-order chi connectivity index (χ0) is 17.5. The number of rotatable bonds is 7. The number of piperidine rings is 1. The fraction of sp³-hybridized carbons (Fsp3) is 0.571. The first kappa shape index (κ1) is 18.7. The normalized spacial score (nSPS) is 17.5. The molecule has 1 aromatic rings. The largest absolute Gasteiger partial charge is 0.339 e. The number of hydrogen-bond acceptors (Lipinski definition) is 2. The van der Waals surface area contributed by atoms with Gasteiger partial charge in [-0.15, -0.1) is 0 Å². The van der Waals surface area contributed by atoms with Gasteiger partial charge in [-0.2, -0.15) is 0 Å². The quantitative estimate of drug-likeness (QED) is 0.708. The highest BCUT2D eigenvalue weighted by Crippen LogP contribution is 2.23. The van der Waals surface area contributed by atoms with Gasteiger partial charge < -0.3 is 9.80 Å². The fourth-order valence-electron chi connectivity index (χ4n) is 3.57. The monoisotopic (exact) mass is 328 g/mol. The highest BCUT2D eigenvalue weighted by molar-refractivity contribution is 5.79. The van der Waals surface area contributed by atoms with E-state index in [0.29, 0.717) is 18.4 Å². The van der Waals surface area contributed by atoms with Crippen molar-refractivity contribution in [1.29, 1.82) is 0 Å². The summed E-state index contributed by atoms with van der Waals surface area (Å²) in [5.41, 5.74) is 2.45. The minimum Gasteiger partial charge on any atom is -0.339 e. The van der Waals surface area contributed by atoms with E-state index in [1.165, 1.54) is 5.56 Å². The standard InChI is InChI=1S/C21H32N2O/c1-5-23(15-17(2)3)21(24)20-11-13-22(14-12-20)16-18(4)19-9-7-6-8-10-19/h6-10,18,20H,2,5,11-16H2,1,3-4H3/t18-/m0/s1. The molecule has 1 aliphatic heterocycles. The van der Waals surface area contributed by atoms with Crippen LogP contribution in [0.25, 0.3) is 0 Å². The molecule has 0 unspecified atom stereocenters. The molecule has 1 aliphatic rings. The summed E-state index contributed by atoms with van der Waals surface area (Å²) in [4.78, 5) is 17.1. The summed E-state index contributed by atoms with van der Waals surface area (Å²) in [6.45, 7) is 14.9. The second-order valence-corrected chi connectivity index (χ2v) is 7.20. The minimum atomic E-state index is 0.188. The average molecular weight is 329 g/mol. The predicted molar refractivity (Wildman–Crippen MR) is 101 cm³/mol. The Labute approximate surface area is 147 Å². The molecule has 0 saturated carbocycles. The maximum Gasteiger partial charge on any atom is 0.226 e. The lowest BCUT2D eigenvalue weighted by Crippen LogP contribution is -2.43. The van der Waals surface area contributed by atoms with Crippen molar-refractivity contribution < 1.29 is 4.79 Å². The van der Waals surface area contributed by atoms with Crippen LogP contribution in [0.1, 0.15) is 45.1 Å². The molecule has 1 heterocycles. The molecular formula is C21H32N2O.